The number of carbonyl (C=O) groups is 1. The number of nitrogens with one attached hydrogen (secondary N) is 1. The Morgan fingerprint density at radius 3 is 2.57 bits per heavy atom. The molecule has 0 fully saturated rings. The van der Waals surface area contributed by atoms with Crippen molar-refractivity contribution in [3.8, 4) is 0 Å². The first-order valence-corrected chi connectivity index (χ1v) is 4.57. The van der Waals surface area contributed by atoms with Crippen molar-refractivity contribution in [3.05, 3.63) is 42.2 Å². The third-order valence-electron chi connectivity index (χ3n) is 2.32. The number of hydrogen-bond acceptors (Lipinski definition) is 3. The minimum absolute atomic E-state index is 0.275. The predicted molar refractivity (Wildman–Crippen MR) is 56.0 cm³/mol. The summed E-state index contributed by atoms with van der Waals surface area (Å²) in [6.45, 7) is 2.08. The third-order valence-corrected chi connectivity index (χ3v) is 2.32. The van der Waals surface area contributed by atoms with E-state index in [0.29, 0.717) is 5.56 Å². The first-order chi connectivity index (χ1) is 6.81. The van der Waals surface area contributed by atoms with E-state index in [9.17, 15) is 4.79 Å². The van der Waals surface area contributed by atoms with E-state index in [1.807, 2.05) is 36.7 Å². The van der Waals surface area contributed by atoms with Crippen molar-refractivity contribution in [3.63, 3.8) is 0 Å². The minimum atomic E-state index is 0.275. The monoisotopic (exact) mass is 188 g/mol. The summed E-state index contributed by atoms with van der Waals surface area (Å²) in [5, 5.41) is 3.17. The van der Waals surface area contributed by atoms with Gasteiger partial charge >= 0.3 is 0 Å². The van der Waals surface area contributed by atoms with Crippen LogP contribution in [0.3, 0.4) is 0 Å². The summed E-state index contributed by atoms with van der Waals surface area (Å²) >= 11 is 0. The molecule has 0 radical (unpaired) electrons. The van der Waals surface area contributed by atoms with Crippen molar-refractivity contribution in [2.24, 2.45) is 0 Å². The van der Waals surface area contributed by atoms with Gasteiger partial charge in [0.2, 0.25) is 0 Å². The van der Waals surface area contributed by atoms with Crippen LogP contribution in [0.15, 0.2) is 36.7 Å². The van der Waals surface area contributed by atoms with Crippen molar-refractivity contribution < 1.29 is 4.79 Å². The third kappa shape index (κ3) is 1.48. The Kier molecular flexibility index (Phi) is 2.23. The number of anilines is 1. The second-order valence-corrected chi connectivity index (χ2v) is 3.28. The molecule has 1 N–H and O–H groups in total. The van der Waals surface area contributed by atoms with Crippen LogP contribution in [0.25, 0.3) is 0 Å². The van der Waals surface area contributed by atoms with E-state index in [-0.39, 0.29) is 6.17 Å². The molecule has 0 amide bonds. The van der Waals surface area contributed by atoms with Crippen molar-refractivity contribution in [1.82, 2.24) is 5.32 Å². The van der Waals surface area contributed by atoms with Crippen molar-refractivity contribution >= 4 is 12.0 Å². The molecular weight excluding hydrogens is 176 g/mol. The molecular formula is C11H12N2O. The average molecular weight is 188 g/mol. The maximum atomic E-state index is 10.5. The molecule has 0 spiro atoms. The van der Waals surface area contributed by atoms with Crippen LogP contribution in [0, 0.1) is 0 Å². The number of carbonyl (C=O) groups excluding carboxylic acids is 1. The van der Waals surface area contributed by atoms with Crippen molar-refractivity contribution in [1.29, 1.82) is 0 Å². The van der Waals surface area contributed by atoms with Crippen LogP contribution in [0.4, 0.5) is 5.69 Å². The molecule has 1 aliphatic rings. The highest BCUT2D eigenvalue weighted by Gasteiger charge is 2.14. The number of aldehydes is 1. The molecule has 0 aromatic heterocycles. The van der Waals surface area contributed by atoms with Gasteiger partial charge in [-0.15, -0.1) is 0 Å². The van der Waals surface area contributed by atoms with E-state index in [1.54, 1.807) is 0 Å². The highest BCUT2D eigenvalue weighted by molar-refractivity contribution is 5.75. The SMILES string of the molecule is CC1NC=CN1c1ccc(C=O)cc1. The Hall–Kier alpha value is -1.77. The van der Waals surface area contributed by atoms with Gasteiger partial charge in [0.1, 0.15) is 6.29 Å². The van der Waals surface area contributed by atoms with Crippen molar-refractivity contribution in [2.45, 2.75) is 13.1 Å². The molecule has 3 heteroatoms. The van der Waals surface area contributed by atoms with E-state index >= 15 is 0 Å². The summed E-state index contributed by atoms with van der Waals surface area (Å²) in [7, 11) is 0. The largest absolute Gasteiger partial charge is 0.370 e. The van der Waals surface area contributed by atoms with Crippen LogP contribution < -0.4 is 10.2 Å². The maximum Gasteiger partial charge on any atom is 0.150 e. The van der Waals surface area contributed by atoms with Crippen LogP contribution in [0.2, 0.25) is 0 Å². The predicted octanol–water partition coefficient (Wildman–Crippen LogP) is 1.73. The fourth-order valence-corrected chi connectivity index (χ4v) is 1.51. The smallest absolute Gasteiger partial charge is 0.150 e. The average Bonchev–Trinajstić information content (AvgIpc) is 2.65. The summed E-state index contributed by atoms with van der Waals surface area (Å²) in [6, 6.07) is 7.53. The molecule has 0 bridgehead atoms. The van der Waals surface area contributed by atoms with E-state index in [4.69, 9.17) is 0 Å². The Morgan fingerprint density at radius 1 is 1.36 bits per heavy atom. The van der Waals surface area contributed by atoms with Gasteiger partial charge in [0.25, 0.3) is 0 Å². The van der Waals surface area contributed by atoms with E-state index < -0.39 is 0 Å². The van der Waals surface area contributed by atoms with Gasteiger partial charge in [0, 0.05) is 23.7 Å². The minimum Gasteiger partial charge on any atom is -0.370 e. The zero-order valence-corrected chi connectivity index (χ0v) is 7.97. The van der Waals surface area contributed by atoms with Crippen LogP contribution in [0.1, 0.15) is 17.3 Å². The zero-order valence-electron chi connectivity index (χ0n) is 7.97. The molecule has 0 saturated carbocycles. The first kappa shape index (κ1) is 8.81. The molecule has 0 aliphatic carbocycles. The molecule has 1 atom stereocenters. The number of rotatable bonds is 2. The summed E-state index contributed by atoms with van der Waals surface area (Å²) in [4.78, 5) is 12.6. The van der Waals surface area contributed by atoms with E-state index in [1.165, 1.54) is 0 Å². The number of nitrogens with zero attached hydrogens (tertiary/aromatic N) is 1. The molecule has 1 aliphatic heterocycles. The molecule has 0 saturated heterocycles. The highest BCUT2D eigenvalue weighted by Crippen LogP contribution is 2.19. The molecule has 3 nitrogen and oxygen atoms in total. The highest BCUT2D eigenvalue weighted by atomic mass is 16.1. The van der Waals surface area contributed by atoms with Crippen molar-refractivity contribution in [2.75, 3.05) is 4.90 Å². The zero-order chi connectivity index (χ0) is 9.97. The molecule has 1 aromatic carbocycles. The summed E-state index contributed by atoms with van der Waals surface area (Å²) < 4.78 is 0. The van der Waals surface area contributed by atoms with Gasteiger partial charge in [-0.1, -0.05) is 0 Å². The lowest BCUT2D eigenvalue weighted by Crippen LogP contribution is -2.31. The van der Waals surface area contributed by atoms with E-state index in [0.717, 1.165) is 12.0 Å². The molecule has 14 heavy (non-hydrogen) atoms. The topological polar surface area (TPSA) is 32.3 Å². The normalized spacial score (nSPS) is 19.5. The number of hydrogen-bond donors (Lipinski definition) is 1. The van der Waals surface area contributed by atoms with Gasteiger partial charge in [-0.2, -0.15) is 0 Å². The maximum absolute atomic E-state index is 10.5. The van der Waals surface area contributed by atoms with Crippen LogP contribution in [-0.2, 0) is 0 Å². The molecule has 2 rings (SSSR count). The molecule has 1 aromatic rings. The second kappa shape index (κ2) is 3.54. The molecule has 72 valence electrons. The lowest BCUT2D eigenvalue weighted by molar-refractivity contribution is 0.112. The number of benzene rings is 1. The lowest BCUT2D eigenvalue weighted by atomic mass is 10.2. The van der Waals surface area contributed by atoms with Crippen LogP contribution in [0.5, 0.6) is 0 Å². The lowest BCUT2D eigenvalue weighted by Gasteiger charge is -2.21. The fraction of sp³-hybridized carbons (Fsp3) is 0.182. The van der Waals surface area contributed by atoms with Gasteiger partial charge in [0.15, 0.2) is 0 Å². The summed E-state index contributed by atoms with van der Waals surface area (Å²) in [5.41, 5.74) is 1.79. The van der Waals surface area contributed by atoms with Gasteiger partial charge in [-0.25, -0.2) is 0 Å². The molecule has 1 unspecified atom stereocenters. The van der Waals surface area contributed by atoms with Gasteiger partial charge in [0.05, 0.1) is 6.17 Å². The van der Waals surface area contributed by atoms with Gasteiger partial charge in [-0.3, -0.25) is 4.79 Å². The van der Waals surface area contributed by atoms with Crippen LogP contribution >= 0.6 is 0 Å². The van der Waals surface area contributed by atoms with Gasteiger partial charge < -0.3 is 10.2 Å². The fourth-order valence-electron chi connectivity index (χ4n) is 1.51. The summed E-state index contributed by atoms with van der Waals surface area (Å²) in [5.74, 6) is 0. The van der Waals surface area contributed by atoms with Gasteiger partial charge in [-0.05, 0) is 31.2 Å². The first-order valence-electron chi connectivity index (χ1n) is 4.57. The van der Waals surface area contributed by atoms with E-state index in [2.05, 4.69) is 17.1 Å². The summed E-state index contributed by atoms with van der Waals surface area (Å²) in [6.07, 6.45) is 5.03. The van der Waals surface area contributed by atoms with Crippen LogP contribution in [-0.4, -0.2) is 12.5 Å². The second-order valence-electron chi connectivity index (χ2n) is 3.28. The standard InChI is InChI=1S/C11H12N2O/c1-9-12-6-7-13(9)11-4-2-10(8-14)3-5-11/h2-9,12H,1H3. The molecule has 1 heterocycles. The Morgan fingerprint density at radius 2 is 2.07 bits per heavy atom. The Labute approximate surface area is 83.0 Å². The Balaban J connectivity index is 2.24. The Bertz CT molecular complexity index is 356. The quantitative estimate of drug-likeness (QED) is 0.717.